The molecule has 2 aromatic heterocycles. The van der Waals surface area contributed by atoms with Crippen molar-refractivity contribution < 1.29 is 0 Å². The van der Waals surface area contributed by atoms with Gasteiger partial charge in [0.2, 0.25) is 0 Å². The van der Waals surface area contributed by atoms with Gasteiger partial charge in [-0.2, -0.15) is 10.2 Å². The lowest BCUT2D eigenvalue weighted by Crippen LogP contribution is -2.03. The van der Waals surface area contributed by atoms with Crippen LogP contribution in [-0.4, -0.2) is 19.6 Å². The standard InChI is InChI=1S/C8H8Br2N4/c1-13-3-2-6(11-13)5-14-8(10)4-7(9)12-14/h2-4H,5H2,1H3. The fourth-order valence-electron chi connectivity index (χ4n) is 1.18. The van der Waals surface area contributed by atoms with Crippen molar-refractivity contribution in [1.29, 1.82) is 0 Å². The molecule has 14 heavy (non-hydrogen) atoms. The van der Waals surface area contributed by atoms with Crippen molar-refractivity contribution in [1.82, 2.24) is 19.6 Å². The van der Waals surface area contributed by atoms with E-state index >= 15 is 0 Å². The Hall–Kier alpha value is -0.620. The molecule has 0 aromatic carbocycles. The normalized spacial score (nSPS) is 10.8. The van der Waals surface area contributed by atoms with E-state index in [0.29, 0.717) is 6.54 Å². The Kier molecular flexibility index (Phi) is 2.73. The zero-order valence-corrected chi connectivity index (χ0v) is 10.7. The van der Waals surface area contributed by atoms with Gasteiger partial charge in [0.15, 0.2) is 0 Å². The van der Waals surface area contributed by atoms with Crippen molar-refractivity contribution in [3.05, 3.63) is 33.2 Å². The smallest absolute Gasteiger partial charge is 0.129 e. The van der Waals surface area contributed by atoms with Crippen LogP contribution in [0.2, 0.25) is 0 Å². The Morgan fingerprint density at radius 1 is 1.36 bits per heavy atom. The minimum atomic E-state index is 0.674. The molecule has 0 N–H and O–H groups in total. The molecule has 0 aliphatic heterocycles. The monoisotopic (exact) mass is 318 g/mol. The number of hydrogen-bond acceptors (Lipinski definition) is 2. The molecule has 4 nitrogen and oxygen atoms in total. The fourth-order valence-corrected chi connectivity index (χ4v) is 2.31. The molecule has 0 atom stereocenters. The summed E-state index contributed by atoms with van der Waals surface area (Å²) in [6.07, 6.45) is 1.92. The summed E-state index contributed by atoms with van der Waals surface area (Å²) in [6, 6.07) is 3.88. The summed E-state index contributed by atoms with van der Waals surface area (Å²) in [7, 11) is 1.90. The van der Waals surface area contributed by atoms with Gasteiger partial charge in [-0.1, -0.05) is 0 Å². The third kappa shape index (κ3) is 2.06. The molecule has 2 rings (SSSR count). The minimum absolute atomic E-state index is 0.674. The summed E-state index contributed by atoms with van der Waals surface area (Å²) in [5.74, 6) is 0. The van der Waals surface area contributed by atoms with Gasteiger partial charge in [-0.25, -0.2) is 0 Å². The average molecular weight is 320 g/mol. The van der Waals surface area contributed by atoms with Gasteiger partial charge in [-0.3, -0.25) is 9.36 Å². The highest BCUT2D eigenvalue weighted by atomic mass is 79.9. The van der Waals surface area contributed by atoms with Crippen molar-refractivity contribution in [2.45, 2.75) is 6.54 Å². The van der Waals surface area contributed by atoms with Gasteiger partial charge < -0.3 is 0 Å². The van der Waals surface area contributed by atoms with Crippen LogP contribution in [0.25, 0.3) is 0 Å². The van der Waals surface area contributed by atoms with Crippen LogP contribution in [-0.2, 0) is 13.6 Å². The Morgan fingerprint density at radius 2 is 2.14 bits per heavy atom. The first-order chi connectivity index (χ1) is 6.65. The molecule has 0 amide bonds. The summed E-state index contributed by atoms with van der Waals surface area (Å²) in [6.45, 7) is 0.674. The van der Waals surface area contributed by atoms with E-state index in [1.54, 1.807) is 4.68 Å². The molecule has 0 saturated carbocycles. The van der Waals surface area contributed by atoms with E-state index in [2.05, 4.69) is 42.1 Å². The first-order valence-corrected chi connectivity index (χ1v) is 5.61. The lowest BCUT2D eigenvalue weighted by Gasteiger charge is -1.98. The highest BCUT2D eigenvalue weighted by Crippen LogP contribution is 2.17. The summed E-state index contributed by atoms with van der Waals surface area (Å²) in [5.41, 5.74) is 0.990. The molecule has 0 aliphatic rings. The molecule has 0 bridgehead atoms. The van der Waals surface area contributed by atoms with Crippen molar-refractivity contribution in [2.24, 2.45) is 7.05 Å². The van der Waals surface area contributed by atoms with Crippen LogP contribution in [0.3, 0.4) is 0 Å². The Morgan fingerprint density at radius 3 is 2.64 bits per heavy atom. The van der Waals surface area contributed by atoms with Crippen LogP contribution in [0.4, 0.5) is 0 Å². The molecular formula is C8H8Br2N4. The molecule has 0 radical (unpaired) electrons. The SMILES string of the molecule is Cn1ccc(Cn2nc(Br)cc2Br)n1. The van der Waals surface area contributed by atoms with Crippen molar-refractivity contribution >= 4 is 31.9 Å². The van der Waals surface area contributed by atoms with Crippen LogP contribution in [0.5, 0.6) is 0 Å². The molecule has 0 spiro atoms. The lowest BCUT2D eigenvalue weighted by atomic mass is 10.4. The number of rotatable bonds is 2. The van der Waals surface area contributed by atoms with Gasteiger partial charge in [-0.05, 0) is 37.9 Å². The molecule has 2 aromatic rings. The lowest BCUT2D eigenvalue weighted by molar-refractivity contribution is 0.636. The van der Waals surface area contributed by atoms with E-state index in [9.17, 15) is 0 Å². The highest BCUT2D eigenvalue weighted by Gasteiger charge is 2.05. The van der Waals surface area contributed by atoms with Crippen molar-refractivity contribution in [2.75, 3.05) is 0 Å². The van der Waals surface area contributed by atoms with Crippen LogP contribution >= 0.6 is 31.9 Å². The average Bonchev–Trinajstić information content (AvgIpc) is 2.61. The molecule has 0 saturated heterocycles. The van der Waals surface area contributed by atoms with Crippen molar-refractivity contribution in [3.63, 3.8) is 0 Å². The van der Waals surface area contributed by atoms with E-state index in [1.807, 2.05) is 30.1 Å². The van der Waals surface area contributed by atoms with Gasteiger partial charge in [-0.15, -0.1) is 0 Å². The molecule has 0 unspecified atom stereocenters. The second-order valence-corrected chi connectivity index (χ2v) is 4.55. The zero-order valence-electron chi connectivity index (χ0n) is 7.48. The molecular weight excluding hydrogens is 312 g/mol. The minimum Gasteiger partial charge on any atom is -0.275 e. The number of hydrogen-bond donors (Lipinski definition) is 0. The molecule has 74 valence electrons. The maximum atomic E-state index is 4.28. The van der Waals surface area contributed by atoms with E-state index in [-0.39, 0.29) is 0 Å². The van der Waals surface area contributed by atoms with E-state index < -0.39 is 0 Å². The van der Waals surface area contributed by atoms with Gasteiger partial charge in [0.05, 0.1) is 12.2 Å². The van der Waals surface area contributed by atoms with Gasteiger partial charge >= 0.3 is 0 Å². The molecule has 0 fully saturated rings. The van der Waals surface area contributed by atoms with Crippen LogP contribution in [0, 0.1) is 0 Å². The maximum absolute atomic E-state index is 4.28. The summed E-state index contributed by atoms with van der Waals surface area (Å²) < 4.78 is 5.38. The topological polar surface area (TPSA) is 35.6 Å². The molecule has 2 heterocycles. The predicted molar refractivity (Wildman–Crippen MR) is 59.9 cm³/mol. The summed E-state index contributed by atoms with van der Waals surface area (Å²) in [5, 5.41) is 8.53. The van der Waals surface area contributed by atoms with Gasteiger partial charge in [0.1, 0.15) is 9.21 Å². The van der Waals surface area contributed by atoms with E-state index in [0.717, 1.165) is 14.9 Å². The molecule has 0 aliphatic carbocycles. The quantitative estimate of drug-likeness (QED) is 0.850. The Labute approximate surface area is 98.2 Å². The fraction of sp³-hybridized carbons (Fsp3) is 0.250. The summed E-state index contributed by atoms with van der Waals surface area (Å²) in [4.78, 5) is 0. The maximum Gasteiger partial charge on any atom is 0.129 e. The molecule has 6 heteroatoms. The number of halogens is 2. The first-order valence-electron chi connectivity index (χ1n) is 4.02. The second-order valence-electron chi connectivity index (χ2n) is 2.93. The predicted octanol–water partition coefficient (Wildman–Crippen LogP) is 2.19. The van der Waals surface area contributed by atoms with Crippen LogP contribution in [0.1, 0.15) is 5.69 Å². The first kappa shape index (κ1) is 9.92. The number of aryl methyl sites for hydroxylation is 1. The third-order valence-electron chi connectivity index (χ3n) is 1.78. The van der Waals surface area contributed by atoms with Crippen LogP contribution in [0.15, 0.2) is 27.5 Å². The Bertz CT molecular complexity index is 446. The third-order valence-corrected chi connectivity index (χ3v) is 2.81. The zero-order chi connectivity index (χ0) is 10.1. The largest absolute Gasteiger partial charge is 0.275 e. The van der Waals surface area contributed by atoms with Gasteiger partial charge in [0, 0.05) is 19.3 Å². The van der Waals surface area contributed by atoms with Crippen LogP contribution < -0.4 is 0 Å². The highest BCUT2D eigenvalue weighted by molar-refractivity contribution is 9.11. The van der Waals surface area contributed by atoms with E-state index in [4.69, 9.17) is 0 Å². The number of aromatic nitrogens is 4. The summed E-state index contributed by atoms with van der Waals surface area (Å²) >= 11 is 6.73. The Balaban J connectivity index is 2.22. The van der Waals surface area contributed by atoms with Crippen molar-refractivity contribution in [3.8, 4) is 0 Å². The second kappa shape index (κ2) is 3.86. The van der Waals surface area contributed by atoms with Gasteiger partial charge in [0.25, 0.3) is 0 Å². The van der Waals surface area contributed by atoms with E-state index in [1.165, 1.54) is 0 Å². The number of nitrogens with zero attached hydrogens (tertiary/aromatic N) is 4.